The summed E-state index contributed by atoms with van der Waals surface area (Å²) in [6.07, 6.45) is 4.85. The van der Waals surface area contributed by atoms with E-state index in [-0.39, 0.29) is 24.5 Å². The number of benzene rings is 2. The minimum atomic E-state index is -0.298. The normalized spacial score (nSPS) is 12.4. The second-order valence-electron chi connectivity index (χ2n) is 7.84. The van der Waals surface area contributed by atoms with Gasteiger partial charge in [-0.05, 0) is 57.8 Å². The van der Waals surface area contributed by atoms with Gasteiger partial charge in [-0.15, -0.1) is 11.3 Å². The zero-order valence-electron chi connectivity index (χ0n) is 17.0. The standard InChI is InChI=1S/C25H24ClNO2S/c1-17(2)23(24-22-9-8-21(26)13-20(22)15-30-24)25(28)29-16-27-11-10-19(14-27)12-18-6-4-3-5-7-18/h3-11,13-15,17,23H,12,16H2,1-2H3. The molecule has 0 aliphatic heterocycles. The quantitative estimate of drug-likeness (QED) is 0.295. The molecule has 2 heterocycles. The van der Waals surface area contributed by atoms with Gasteiger partial charge in [-0.2, -0.15) is 0 Å². The van der Waals surface area contributed by atoms with Gasteiger partial charge in [0.05, 0.1) is 5.92 Å². The van der Waals surface area contributed by atoms with Crippen molar-refractivity contribution < 1.29 is 9.53 Å². The summed E-state index contributed by atoms with van der Waals surface area (Å²) in [6, 6.07) is 18.2. The highest BCUT2D eigenvalue weighted by Gasteiger charge is 2.29. The van der Waals surface area contributed by atoms with Gasteiger partial charge in [-0.25, -0.2) is 0 Å². The Morgan fingerprint density at radius 2 is 1.90 bits per heavy atom. The van der Waals surface area contributed by atoms with Crippen LogP contribution in [0, 0.1) is 5.92 Å². The highest BCUT2D eigenvalue weighted by molar-refractivity contribution is 7.11. The molecule has 4 rings (SSSR count). The van der Waals surface area contributed by atoms with E-state index in [2.05, 4.69) is 37.4 Å². The van der Waals surface area contributed by atoms with Crippen LogP contribution < -0.4 is 0 Å². The first-order valence-corrected chi connectivity index (χ1v) is 11.3. The molecule has 0 N–H and O–H groups in total. The number of fused-ring (bicyclic) bond motifs is 1. The van der Waals surface area contributed by atoms with E-state index in [9.17, 15) is 4.79 Å². The smallest absolute Gasteiger partial charge is 0.316 e. The van der Waals surface area contributed by atoms with E-state index < -0.39 is 0 Å². The van der Waals surface area contributed by atoms with Crippen molar-refractivity contribution in [3.63, 3.8) is 0 Å². The van der Waals surface area contributed by atoms with Crippen LogP contribution in [-0.2, 0) is 22.7 Å². The van der Waals surface area contributed by atoms with Crippen LogP contribution in [0.2, 0.25) is 5.02 Å². The van der Waals surface area contributed by atoms with Gasteiger partial charge >= 0.3 is 5.97 Å². The zero-order valence-corrected chi connectivity index (χ0v) is 18.6. The molecule has 0 amide bonds. The molecule has 0 spiro atoms. The number of carbonyl (C=O) groups is 1. The predicted octanol–water partition coefficient (Wildman–Crippen LogP) is 6.89. The van der Waals surface area contributed by atoms with Crippen molar-refractivity contribution >= 4 is 39.7 Å². The Hall–Kier alpha value is -2.56. The number of hydrogen-bond acceptors (Lipinski definition) is 3. The average molecular weight is 438 g/mol. The van der Waals surface area contributed by atoms with Crippen molar-refractivity contribution in [1.82, 2.24) is 4.57 Å². The highest BCUT2D eigenvalue weighted by Crippen LogP contribution is 2.37. The SMILES string of the molecule is CC(C)C(C(=O)OCn1ccc(Cc2ccccc2)c1)c1scc2cc(Cl)ccc12. The summed E-state index contributed by atoms with van der Waals surface area (Å²) in [5.41, 5.74) is 2.45. The summed E-state index contributed by atoms with van der Waals surface area (Å²) in [5.74, 6) is -0.358. The lowest BCUT2D eigenvalue weighted by Gasteiger charge is -2.19. The van der Waals surface area contributed by atoms with Gasteiger partial charge in [-0.3, -0.25) is 4.79 Å². The largest absolute Gasteiger partial charge is 0.443 e. The monoisotopic (exact) mass is 437 g/mol. The number of carbonyl (C=O) groups excluding carboxylic acids is 1. The molecule has 4 aromatic rings. The minimum absolute atomic E-state index is 0.133. The van der Waals surface area contributed by atoms with E-state index in [4.69, 9.17) is 16.3 Å². The molecule has 5 heteroatoms. The maximum atomic E-state index is 13.0. The van der Waals surface area contributed by atoms with Crippen LogP contribution in [0.25, 0.3) is 10.8 Å². The molecule has 154 valence electrons. The average Bonchev–Trinajstić information content (AvgIpc) is 3.34. The molecule has 30 heavy (non-hydrogen) atoms. The summed E-state index contributed by atoms with van der Waals surface area (Å²) in [6.45, 7) is 4.33. The van der Waals surface area contributed by atoms with Crippen LogP contribution in [0.15, 0.2) is 72.4 Å². The van der Waals surface area contributed by atoms with Gasteiger partial charge in [0.1, 0.15) is 0 Å². The van der Waals surface area contributed by atoms with E-state index >= 15 is 0 Å². The maximum absolute atomic E-state index is 13.0. The Morgan fingerprint density at radius 1 is 1.10 bits per heavy atom. The molecular formula is C25H24ClNO2S. The van der Waals surface area contributed by atoms with Crippen molar-refractivity contribution in [2.75, 3.05) is 0 Å². The van der Waals surface area contributed by atoms with Gasteiger partial charge < -0.3 is 9.30 Å². The van der Waals surface area contributed by atoms with Crippen LogP contribution in [0.1, 0.15) is 35.8 Å². The summed E-state index contributed by atoms with van der Waals surface area (Å²) < 4.78 is 7.63. The van der Waals surface area contributed by atoms with Crippen LogP contribution >= 0.6 is 22.9 Å². The second kappa shape index (κ2) is 9.07. The molecule has 0 radical (unpaired) electrons. The lowest BCUT2D eigenvalue weighted by molar-refractivity contribution is -0.150. The fourth-order valence-electron chi connectivity index (χ4n) is 3.70. The highest BCUT2D eigenvalue weighted by atomic mass is 35.5. The van der Waals surface area contributed by atoms with Crippen LogP contribution in [-0.4, -0.2) is 10.5 Å². The molecule has 3 nitrogen and oxygen atoms in total. The zero-order chi connectivity index (χ0) is 21.1. The number of rotatable bonds is 7. The lowest BCUT2D eigenvalue weighted by Crippen LogP contribution is -2.21. The van der Waals surface area contributed by atoms with E-state index in [1.165, 1.54) is 11.1 Å². The van der Waals surface area contributed by atoms with Gasteiger partial charge in [-0.1, -0.05) is 61.8 Å². The topological polar surface area (TPSA) is 31.2 Å². The maximum Gasteiger partial charge on any atom is 0.316 e. The van der Waals surface area contributed by atoms with Crippen molar-refractivity contribution in [3.05, 3.63) is 93.4 Å². The summed E-state index contributed by atoms with van der Waals surface area (Å²) >= 11 is 7.71. The number of nitrogens with zero attached hydrogens (tertiary/aromatic N) is 1. The Morgan fingerprint density at radius 3 is 2.67 bits per heavy atom. The van der Waals surface area contributed by atoms with E-state index in [1.54, 1.807) is 11.3 Å². The van der Waals surface area contributed by atoms with Crippen molar-refractivity contribution in [2.24, 2.45) is 5.92 Å². The first-order valence-electron chi connectivity index (χ1n) is 10.0. The van der Waals surface area contributed by atoms with Crippen molar-refractivity contribution in [1.29, 1.82) is 0 Å². The third-order valence-electron chi connectivity index (χ3n) is 5.21. The molecule has 0 saturated carbocycles. The Balaban J connectivity index is 1.45. The first-order chi connectivity index (χ1) is 14.5. The lowest BCUT2D eigenvalue weighted by atomic mass is 9.92. The molecule has 1 unspecified atom stereocenters. The second-order valence-corrected chi connectivity index (χ2v) is 9.19. The summed E-state index contributed by atoms with van der Waals surface area (Å²) in [7, 11) is 0. The van der Waals surface area contributed by atoms with Gasteiger partial charge in [0.25, 0.3) is 0 Å². The number of hydrogen-bond donors (Lipinski definition) is 0. The van der Waals surface area contributed by atoms with Crippen molar-refractivity contribution in [3.8, 4) is 0 Å². The molecular weight excluding hydrogens is 414 g/mol. The van der Waals surface area contributed by atoms with E-state index in [1.807, 2.05) is 53.4 Å². The molecule has 2 aromatic carbocycles. The first kappa shape index (κ1) is 20.7. The Labute approximate surface area is 185 Å². The molecule has 0 fully saturated rings. The Bertz CT molecular complexity index is 1150. The number of halogens is 1. The molecule has 0 aliphatic rings. The van der Waals surface area contributed by atoms with Crippen molar-refractivity contribution in [2.45, 2.75) is 32.9 Å². The fraction of sp³-hybridized carbons (Fsp3) is 0.240. The van der Waals surface area contributed by atoms with E-state index in [0.717, 1.165) is 22.1 Å². The van der Waals surface area contributed by atoms with Gasteiger partial charge in [0, 0.05) is 22.3 Å². The van der Waals surface area contributed by atoms with Gasteiger partial charge in [0.2, 0.25) is 0 Å². The van der Waals surface area contributed by atoms with Gasteiger partial charge in [0.15, 0.2) is 6.73 Å². The third kappa shape index (κ3) is 4.61. The number of ether oxygens (including phenoxy) is 1. The summed E-state index contributed by atoms with van der Waals surface area (Å²) in [5, 5.41) is 4.90. The Kier molecular flexibility index (Phi) is 6.26. The predicted molar refractivity (Wildman–Crippen MR) is 124 cm³/mol. The molecule has 0 bridgehead atoms. The van der Waals surface area contributed by atoms with E-state index in [0.29, 0.717) is 5.02 Å². The summed E-state index contributed by atoms with van der Waals surface area (Å²) in [4.78, 5) is 14.1. The molecule has 0 aliphatic carbocycles. The fourth-order valence-corrected chi connectivity index (χ4v) is 5.16. The minimum Gasteiger partial charge on any atom is -0.443 e. The molecule has 0 saturated heterocycles. The number of aromatic nitrogens is 1. The van der Waals surface area contributed by atoms with Crippen LogP contribution in [0.5, 0.6) is 0 Å². The molecule has 1 atom stereocenters. The molecule has 2 aromatic heterocycles. The third-order valence-corrected chi connectivity index (χ3v) is 6.55. The number of thiophene rings is 1. The van der Waals surface area contributed by atoms with Crippen LogP contribution in [0.4, 0.5) is 0 Å². The van der Waals surface area contributed by atoms with Crippen LogP contribution in [0.3, 0.4) is 0 Å². The number of esters is 1.